The van der Waals surface area contributed by atoms with Crippen LogP contribution in [-0.4, -0.2) is 26.9 Å². The van der Waals surface area contributed by atoms with Crippen molar-refractivity contribution in [2.24, 2.45) is 0 Å². The molecule has 112 valence electrons. The second-order valence-corrected chi connectivity index (χ2v) is 5.94. The molecule has 8 heteroatoms. The van der Waals surface area contributed by atoms with Crippen LogP contribution in [0, 0.1) is 5.82 Å². The summed E-state index contributed by atoms with van der Waals surface area (Å²) in [6.07, 6.45) is 0.728. The monoisotopic (exact) mass is 303 g/mol. The van der Waals surface area contributed by atoms with E-state index in [1.54, 1.807) is 0 Å². The zero-order valence-electron chi connectivity index (χ0n) is 11.3. The molecule has 0 heterocycles. The second kappa shape index (κ2) is 6.67. The van der Waals surface area contributed by atoms with E-state index in [4.69, 9.17) is 5.73 Å². The normalized spacial score (nSPS) is 12.9. The largest absolute Gasteiger partial charge is 0.398 e. The Morgan fingerprint density at radius 2 is 2.10 bits per heavy atom. The van der Waals surface area contributed by atoms with Gasteiger partial charge in [-0.1, -0.05) is 13.0 Å². The number of anilines is 1. The van der Waals surface area contributed by atoms with Crippen molar-refractivity contribution in [2.45, 2.75) is 31.2 Å². The zero-order valence-corrected chi connectivity index (χ0v) is 12.1. The fourth-order valence-corrected chi connectivity index (χ4v) is 2.95. The van der Waals surface area contributed by atoms with Crippen LogP contribution in [0.2, 0.25) is 0 Å². The Hall–Kier alpha value is -1.67. The van der Waals surface area contributed by atoms with Crippen molar-refractivity contribution < 1.29 is 17.6 Å². The van der Waals surface area contributed by atoms with E-state index in [0.29, 0.717) is 6.54 Å². The molecule has 1 rings (SSSR count). The summed E-state index contributed by atoms with van der Waals surface area (Å²) in [4.78, 5) is 11.0. The summed E-state index contributed by atoms with van der Waals surface area (Å²) < 4.78 is 39.8. The molecule has 1 aromatic rings. The molecule has 0 saturated heterocycles. The first-order valence-corrected chi connectivity index (χ1v) is 7.62. The molecule has 4 N–H and O–H groups in total. The van der Waals surface area contributed by atoms with E-state index in [0.717, 1.165) is 12.5 Å². The van der Waals surface area contributed by atoms with Gasteiger partial charge in [-0.15, -0.1) is 0 Å². The number of rotatable bonds is 6. The highest BCUT2D eigenvalue weighted by molar-refractivity contribution is 7.89. The van der Waals surface area contributed by atoms with Crippen molar-refractivity contribution >= 4 is 21.6 Å². The third kappa shape index (κ3) is 3.91. The summed E-state index contributed by atoms with van der Waals surface area (Å²) in [6, 6.07) is 2.55. The minimum Gasteiger partial charge on any atom is -0.398 e. The molecule has 0 radical (unpaired) electrons. The first-order valence-electron chi connectivity index (χ1n) is 6.13. The van der Waals surface area contributed by atoms with Crippen LogP contribution in [0.25, 0.3) is 0 Å². The van der Waals surface area contributed by atoms with E-state index in [2.05, 4.69) is 10.0 Å². The molecular weight excluding hydrogens is 285 g/mol. The van der Waals surface area contributed by atoms with Gasteiger partial charge in [0.25, 0.3) is 0 Å². The number of carbonyl (C=O) groups excluding carboxylic acids is 1. The van der Waals surface area contributed by atoms with E-state index in [-0.39, 0.29) is 5.69 Å². The molecule has 0 spiro atoms. The van der Waals surface area contributed by atoms with E-state index in [1.807, 2.05) is 6.92 Å². The molecule has 1 amide bonds. The predicted molar refractivity (Wildman–Crippen MR) is 73.9 cm³/mol. The molecule has 0 aromatic heterocycles. The summed E-state index contributed by atoms with van der Waals surface area (Å²) in [7, 11) is -4.20. The Kier molecular flexibility index (Phi) is 5.46. The van der Waals surface area contributed by atoms with Crippen LogP contribution in [0.3, 0.4) is 0 Å². The van der Waals surface area contributed by atoms with Crippen LogP contribution in [0.4, 0.5) is 10.1 Å². The van der Waals surface area contributed by atoms with E-state index >= 15 is 0 Å². The molecule has 0 bridgehead atoms. The van der Waals surface area contributed by atoms with Gasteiger partial charge in [-0.25, -0.2) is 12.8 Å². The third-order valence-electron chi connectivity index (χ3n) is 2.54. The summed E-state index contributed by atoms with van der Waals surface area (Å²) in [5.41, 5.74) is 5.27. The highest BCUT2D eigenvalue weighted by Gasteiger charge is 2.26. The first-order chi connectivity index (χ1) is 9.29. The van der Waals surface area contributed by atoms with E-state index < -0.39 is 32.7 Å². The number of halogens is 1. The molecule has 0 fully saturated rings. The number of hydrogen-bond donors (Lipinski definition) is 3. The zero-order chi connectivity index (χ0) is 15.3. The van der Waals surface area contributed by atoms with E-state index in [9.17, 15) is 17.6 Å². The van der Waals surface area contributed by atoms with Crippen LogP contribution in [0.5, 0.6) is 0 Å². The molecule has 0 aliphatic carbocycles. The summed E-state index contributed by atoms with van der Waals surface area (Å²) >= 11 is 0. The average Bonchev–Trinajstić information content (AvgIpc) is 2.34. The summed E-state index contributed by atoms with van der Waals surface area (Å²) in [5, 5.41) is 2.54. The number of nitrogen functional groups attached to an aromatic ring is 1. The highest BCUT2D eigenvalue weighted by atomic mass is 32.2. The molecule has 1 unspecified atom stereocenters. The minimum atomic E-state index is -4.20. The maximum Gasteiger partial charge on any atom is 0.246 e. The van der Waals surface area contributed by atoms with Gasteiger partial charge in [0.15, 0.2) is 0 Å². The molecule has 1 atom stereocenters. The Bertz CT molecular complexity index is 569. The van der Waals surface area contributed by atoms with Gasteiger partial charge in [0.05, 0.1) is 11.7 Å². The van der Waals surface area contributed by atoms with Gasteiger partial charge in [0.2, 0.25) is 15.9 Å². The van der Waals surface area contributed by atoms with Crippen molar-refractivity contribution in [2.75, 3.05) is 12.3 Å². The standard InChI is InChI=1S/C12H18FN3O3S/c1-3-7-15-12(17)8(2)16-20(18,19)11-9(13)5-4-6-10(11)14/h4-6,8,16H,3,7,14H2,1-2H3,(H,15,17). The Labute approximate surface area is 117 Å². The van der Waals surface area contributed by atoms with Crippen molar-refractivity contribution in [3.63, 3.8) is 0 Å². The van der Waals surface area contributed by atoms with E-state index in [1.165, 1.54) is 19.1 Å². The molecule has 1 aromatic carbocycles. The van der Waals surface area contributed by atoms with Gasteiger partial charge in [-0.05, 0) is 25.5 Å². The van der Waals surface area contributed by atoms with Gasteiger partial charge < -0.3 is 11.1 Å². The lowest BCUT2D eigenvalue weighted by atomic mass is 10.3. The number of amides is 1. The van der Waals surface area contributed by atoms with Gasteiger partial charge in [-0.3, -0.25) is 4.79 Å². The van der Waals surface area contributed by atoms with Crippen molar-refractivity contribution in [1.82, 2.24) is 10.0 Å². The highest BCUT2D eigenvalue weighted by Crippen LogP contribution is 2.21. The third-order valence-corrected chi connectivity index (χ3v) is 4.17. The predicted octanol–water partition coefficient (Wildman–Crippen LogP) is 0.601. The quantitative estimate of drug-likeness (QED) is 0.670. The Morgan fingerprint density at radius 3 is 2.65 bits per heavy atom. The van der Waals surface area contributed by atoms with Gasteiger partial charge in [-0.2, -0.15) is 4.72 Å². The number of nitrogens with one attached hydrogen (secondary N) is 2. The second-order valence-electron chi connectivity index (χ2n) is 4.29. The fraction of sp³-hybridized carbons (Fsp3) is 0.417. The smallest absolute Gasteiger partial charge is 0.246 e. The Balaban J connectivity index is 2.93. The van der Waals surface area contributed by atoms with Crippen LogP contribution in [-0.2, 0) is 14.8 Å². The summed E-state index contributed by atoms with van der Waals surface area (Å²) in [5.74, 6) is -1.44. The van der Waals surface area contributed by atoms with Gasteiger partial charge in [0, 0.05) is 6.54 Å². The topological polar surface area (TPSA) is 101 Å². The first kappa shape index (κ1) is 16.4. The fourth-order valence-electron chi connectivity index (χ4n) is 1.56. The number of benzene rings is 1. The molecule has 0 aliphatic rings. The number of hydrogen-bond acceptors (Lipinski definition) is 4. The van der Waals surface area contributed by atoms with Crippen LogP contribution in [0.1, 0.15) is 20.3 Å². The lowest BCUT2D eigenvalue weighted by molar-refractivity contribution is -0.122. The lowest BCUT2D eigenvalue weighted by Gasteiger charge is -2.15. The van der Waals surface area contributed by atoms with Crippen molar-refractivity contribution in [1.29, 1.82) is 0 Å². The molecule has 20 heavy (non-hydrogen) atoms. The number of sulfonamides is 1. The number of carbonyl (C=O) groups is 1. The molecular formula is C12H18FN3O3S. The van der Waals surface area contributed by atoms with Crippen molar-refractivity contribution in [3.8, 4) is 0 Å². The van der Waals surface area contributed by atoms with Crippen LogP contribution >= 0.6 is 0 Å². The van der Waals surface area contributed by atoms with Crippen LogP contribution in [0.15, 0.2) is 23.1 Å². The molecule has 0 saturated carbocycles. The van der Waals surface area contributed by atoms with Crippen molar-refractivity contribution in [3.05, 3.63) is 24.0 Å². The van der Waals surface area contributed by atoms with Crippen LogP contribution < -0.4 is 15.8 Å². The molecule has 0 aliphatic heterocycles. The average molecular weight is 303 g/mol. The van der Waals surface area contributed by atoms with Gasteiger partial charge in [0.1, 0.15) is 10.7 Å². The van der Waals surface area contributed by atoms with Gasteiger partial charge >= 0.3 is 0 Å². The number of nitrogens with two attached hydrogens (primary N) is 1. The maximum absolute atomic E-state index is 13.6. The Morgan fingerprint density at radius 1 is 1.45 bits per heavy atom. The minimum absolute atomic E-state index is 0.210. The lowest BCUT2D eigenvalue weighted by Crippen LogP contribution is -2.45. The summed E-state index contributed by atoms with van der Waals surface area (Å²) in [6.45, 7) is 3.68. The maximum atomic E-state index is 13.6. The molecule has 6 nitrogen and oxygen atoms in total. The SMILES string of the molecule is CCCNC(=O)C(C)NS(=O)(=O)c1c(N)cccc1F.